The number of carbonyl (C=O) groups is 2. The summed E-state index contributed by atoms with van der Waals surface area (Å²) >= 11 is 0. The molecule has 0 unspecified atom stereocenters. The molecule has 4 rings (SSSR count). The van der Waals surface area contributed by atoms with Gasteiger partial charge in [0.15, 0.2) is 29.4 Å². The average molecular weight is 419 g/mol. The number of ether oxygens (including phenoxy) is 2. The molecule has 7 heteroatoms. The lowest BCUT2D eigenvalue weighted by Crippen LogP contribution is -2.21. The molecule has 4 aromatic rings. The third-order valence-corrected chi connectivity index (χ3v) is 5.00. The van der Waals surface area contributed by atoms with Crippen molar-refractivity contribution in [2.75, 3.05) is 13.7 Å². The molecular weight excluding hydrogens is 401 g/mol. The number of Topliss-reactive ketones (excluding diaryl/α,β-unsaturated/α-hetero) is 1. The van der Waals surface area contributed by atoms with Gasteiger partial charge in [-0.15, -0.1) is 0 Å². The maximum Gasteiger partial charge on any atom is 0.326 e. The molecule has 0 saturated carbocycles. The molecule has 0 saturated heterocycles. The van der Waals surface area contributed by atoms with Gasteiger partial charge in [-0.1, -0.05) is 24.3 Å². The highest BCUT2D eigenvalue weighted by molar-refractivity contribution is 5.98. The Hall–Kier alpha value is -4.00. The molecule has 0 aliphatic rings. The van der Waals surface area contributed by atoms with Crippen LogP contribution in [0.5, 0.6) is 5.75 Å². The SMILES string of the molecule is COc1ccc(C(=O)COC(=O)Cn2c3ccccc3c(=O)c3ccccc32)cc1F. The standard InChI is InChI=1S/C24H18FNO5/c1-30-22-11-10-15(12-18(22)25)21(27)14-31-23(28)13-26-19-8-4-2-6-16(19)24(29)17-7-3-5-9-20(17)26/h2-12H,13-14H2,1H3. The van der Waals surface area contributed by atoms with Crippen LogP contribution in [0.2, 0.25) is 0 Å². The summed E-state index contributed by atoms with van der Waals surface area (Å²) in [6.07, 6.45) is 0. The summed E-state index contributed by atoms with van der Waals surface area (Å²) in [5.41, 5.74) is 1.14. The topological polar surface area (TPSA) is 74.6 Å². The summed E-state index contributed by atoms with van der Waals surface area (Å²) in [6.45, 7) is -0.716. The summed E-state index contributed by atoms with van der Waals surface area (Å²) in [5.74, 6) is -1.85. The number of hydrogen-bond donors (Lipinski definition) is 0. The lowest BCUT2D eigenvalue weighted by Gasteiger charge is -2.14. The van der Waals surface area contributed by atoms with Crippen LogP contribution in [-0.4, -0.2) is 30.0 Å². The largest absolute Gasteiger partial charge is 0.494 e. The van der Waals surface area contributed by atoms with Gasteiger partial charge in [-0.3, -0.25) is 14.4 Å². The summed E-state index contributed by atoms with van der Waals surface area (Å²) < 4.78 is 25.5. The molecule has 156 valence electrons. The number of aromatic nitrogens is 1. The van der Waals surface area contributed by atoms with Crippen molar-refractivity contribution in [3.8, 4) is 5.75 Å². The highest BCUT2D eigenvalue weighted by Gasteiger charge is 2.16. The van der Waals surface area contributed by atoms with Gasteiger partial charge in [-0.2, -0.15) is 0 Å². The smallest absolute Gasteiger partial charge is 0.326 e. The normalized spacial score (nSPS) is 10.9. The maximum atomic E-state index is 13.8. The second-order valence-corrected chi connectivity index (χ2v) is 6.88. The minimum absolute atomic E-state index is 0.0190. The Morgan fingerprint density at radius 1 is 0.935 bits per heavy atom. The van der Waals surface area contributed by atoms with Crippen LogP contribution in [0.4, 0.5) is 4.39 Å². The Bertz CT molecular complexity index is 1320. The van der Waals surface area contributed by atoms with Crippen LogP contribution in [0.3, 0.4) is 0 Å². The lowest BCUT2D eigenvalue weighted by molar-refractivity contribution is -0.143. The summed E-state index contributed by atoms with van der Waals surface area (Å²) in [4.78, 5) is 37.6. The van der Waals surface area contributed by atoms with Crippen molar-refractivity contribution in [1.29, 1.82) is 0 Å². The number of nitrogens with zero attached hydrogens (tertiary/aromatic N) is 1. The predicted molar refractivity (Wildman–Crippen MR) is 114 cm³/mol. The molecule has 1 aromatic heterocycles. The molecule has 3 aromatic carbocycles. The average Bonchev–Trinajstić information content (AvgIpc) is 2.80. The fraction of sp³-hybridized carbons (Fsp3) is 0.125. The molecular formula is C24H18FNO5. The van der Waals surface area contributed by atoms with Crippen LogP contribution >= 0.6 is 0 Å². The number of pyridine rings is 1. The van der Waals surface area contributed by atoms with E-state index in [0.717, 1.165) is 6.07 Å². The summed E-state index contributed by atoms with van der Waals surface area (Å²) in [6, 6.07) is 17.8. The first-order valence-corrected chi connectivity index (χ1v) is 9.52. The van der Waals surface area contributed by atoms with E-state index in [9.17, 15) is 18.8 Å². The van der Waals surface area contributed by atoms with E-state index in [4.69, 9.17) is 9.47 Å². The van der Waals surface area contributed by atoms with Crippen molar-refractivity contribution in [1.82, 2.24) is 4.57 Å². The van der Waals surface area contributed by atoms with Crippen molar-refractivity contribution in [3.05, 3.63) is 88.3 Å². The zero-order valence-corrected chi connectivity index (χ0v) is 16.6. The number of hydrogen-bond acceptors (Lipinski definition) is 5. The van der Waals surface area contributed by atoms with Gasteiger partial charge in [0, 0.05) is 16.3 Å². The highest BCUT2D eigenvalue weighted by atomic mass is 19.1. The third kappa shape index (κ3) is 3.90. The number of halogens is 1. The number of rotatable bonds is 6. The molecule has 0 fully saturated rings. The molecule has 0 amide bonds. The van der Waals surface area contributed by atoms with Gasteiger partial charge in [-0.25, -0.2) is 4.39 Å². The van der Waals surface area contributed by atoms with Crippen LogP contribution in [0.25, 0.3) is 21.8 Å². The Kier molecular flexibility index (Phi) is 5.49. The number of ketones is 1. The lowest BCUT2D eigenvalue weighted by atomic mass is 10.1. The monoisotopic (exact) mass is 419 g/mol. The van der Waals surface area contributed by atoms with E-state index in [1.807, 2.05) is 0 Å². The van der Waals surface area contributed by atoms with Crippen LogP contribution in [-0.2, 0) is 16.1 Å². The molecule has 1 heterocycles. The second-order valence-electron chi connectivity index (χ2n) is 6.88. The number of fused-ring (bicyclic) bond motifs is 2. The van der Waals surface area contributed by atoms with E-state index in [-0.39, 0.29) is 23.3 Å². The number of para-hydroxylation sites is 2. The summed E-state index contributed by atoms with van der Waals surface area (Å²) in [5, 5.41) is 0.970. The minimum Gasteiger partial charge on any atom is -0.494 e. The molecule has 0 bridgehead atoms. The van der Waals surface area contributed by atoms with Gasteiger partial charge in [0.05, 0.1) is 18.1 Å². The molecule has 0 aliphatic heterocycles. The minimum atomic E-state index is -0.675. The number of carbonyl (C=O) groups excluding carboxylic acids is 2. The Morgan fingerprint density at radius 2 is 1.55 bits per heavy atom. The number of esters is 1. The number of methoxy groups -OCH3 is 1. The van der Waals surface area contributed by atoms with E-state index < -0.39 is 24.2 Å². The zero-order chi connectivity index (χ0) is 22.0. The second kappa shape index (κ2) is 8.39. The van der Waals surface area contributed by atoms with E-state index in [1.54, 1.807) is 53.1 Å². The Balaban J connectivity index is 1.57. The first kappa shape index (κ1) is 20.3. The van der Waals surface area contributed by atoms with Gasteiger partial charge < -0.3 is 14.0 Å². The van der Waals surface area contributed by atoms with Crippen LogP contribution in [0.1, 0.15) is 10.4 Å². The van der Waals surface area contributed by atoms with E-state index >= 15 is 0 Å². The van der Waals surface area contributed by atoms with Gasteiger partial charge in [-0.05, 0) is 42.5 Å². The molecule has 0 atom stereocenters. The third-order valence-electron chi connectivity index (χ3n) is 5.00. The van der Waals surface area contributed by atoms with Crippen molar-refractivity contribution in [3.63, 3.8) is 0 Å². The van der Waals surface area contributed by atoms with Crippen LogP contribution in [0, 0.1) is 5.82 Å². The molecule has 0 spiro atoms. The first-order valence-electron chi connectivity index (χ1n) is 9.52. The Morgan fingerprint density at radius 3 is 2.13 bits per heavy atom. The van der Waals surface area contributed by atoms with Crippen molar-refractivity contribution in [2.24, 2.45) is 0 Å². The molecule has 0 N–H and O–H groups in total. The molecule has 0 radical (unpaired) electrons. The van der Waals surface area contributed by atoms with Crippen molar-refractivity contribution >= 4 is 33.6 Å². The fourth-order valence-electron chi connectivity index (χ4n) is 3.49. The van der Waals surface area contributed by atoms with Crippen molar-refractivity contribution < 1.29 is 23.5 Å². The first-order chi connectivity index (χ1) is 15.0. The summed E-state index contributed by atoms with van der Waals surface area (Å²) in [7, 11) is 1.33. The van der Waals surface area contributed by atoms with Gasteiger partial charge in [0.2, 0.25) is 0 Å². The molecule has 6 nitrogen and oxygen atoms in total. The Labute approximate surface area is 176 Å². The van der Waals surface area contributed by atoms with Crippen molar-refractivity contribution in [2.45, 2.75) is 6.54 Å². The number of benzene rings is 3. The predicted octanol–water partition coefficient (Wildman–Crippen LogP) is 3.73. The maximum absolute atomic E-state index is 13.8. The van der Waals surface area contributed by atoms with Gasteiger partial charge >= 0.3 is 5.97 Å². The van der Waals surface area contributed by atoms with E-state index in [2.05, 4.69) is 0 Å². The van der Waals surface area contributed by atoms with Crippen LogP contribution < -0.4 is 10.2 Å². The van der Waals surface area contributed by atoms with E-state index in [1.165, 1.54) is 19.2 Å². The molecule has 0 aliphatic carbocycles. The van der Waals surface area contributed by atoms with Crippen LogP contribution in [0.15, 0.2) is 71.5 Å². The van der Waals surface area contributed by atoms with Gasteiger partial charge in [0.25, 0.3) is 0 Å². The highest BCUT2D eigenvalue weighted by Crippen LogP contribution is 2.20. The zero-order valence-electron chi connectivity index (χ0n) is 16.6. The quantitative estimate of drug-likeness (QED) is 0.271. The molecule has 31 heavy (non-hydrogen) atoms. The fourth-order valence-corrected chi connectivity index (χ4v) is 3.49. The van der Waals surface area contributed by atoms with E-state index in [0.29, 0.717) is 21.8 Å². The van der Waals surface area contributed by atoms with Gasteiger partial charge in [0.1, 0.15) is 6.54 Å².